The Bertz CT molecular complexity index is 897. The van der Waals surface area contributed by atoms with Crippen LogP contribution in [0, 0.1) is 0 Å². The minimum Gasteiger partial charge on any atom is -0.507 e. The van der Waals surface area contributed by atoms with Crippen molar-refractivity contribution in [2.24, 2.45) is 0 Å². The van der Waals surface area contributed by atoms with Gasteiger partial charge in [0.1, 0.15) is 17.8 Å². The number of hydrogen-bond acceptors (Lipinski definition) is 3. The normalized spacial score (nSPS) is 13.4. The van der Waals surface area contributed by atoms with Crippen molar-refractivity contribution in [3.05, 3.63) is 57.6 Å². The summed E-state index contributed by atoms with van der Waals surface area (Å²) >= 11 is 0. The molecule has 0 aliphatic heterocycles. The summed E-state index contributed by atoms with van der Waals surface area (Å²) in [6, 6.07) is 8.27. The number of aromatic hydroxyl groups is 2. The molecule has 0 saturated carbocycles. The van der Waals surface area contributed by atoms with Gasteiger partial charge in [0.25, 0.3) is 0 Å². The van der Waals surface area contributed by atoms with Gasteiger partial charge in [-0.15, -0.1) is 0 Å². The van der Waals surface area contributed by atoms with Crippen LogP contribution in [0.3, 0.4) is 0 Å². The molecule has 0 aliphatic carbocycles. The fourth-order valence-corrected chi connectivity index (χ4v) is 4.56. The highest BCUT2D eigenvalue weighted by atomic mass is 16.3. The summed E-state index contributed by atoms with van der Waals surface area (Å²) in [6.07, 6.45) is 1.31. The van der Waals surface area contributed by atoms with Crippen molar-refractivity contribution in [3.63, 3.8) is 0 Å². The molecule has 0 heterocycles. The third-order valence-corrected chi connectivity index (χ3v) is 6.63. The van der Waals surface area contributed by atoms with E-state index >= 15 is 0 Å². The van der Waals surface area contributed by atoms with E-state index in [1.807, 2.05) is 0 Å². The van der Waals surface area contributed by atoms with Gasteiger partial charge in [-0.25, -0.2) is 0 Å². The van der Waals surface area contributed by atoms with E-state index in [9.17, 15) is 15.0 Å². The van der Waals surface area contributed by atoms with Crippen molar-refractivity contribution in [3.8, 4) is 11.5 Å². The first-order valence-corrected chi connectivity index (χ1v) is 12.4. The van der Waals surface area contributed by atoms with Gasteiger partial charge in [0.2, 0.25) is 0 Å². The fourth-order valence-electron chi connectivity index (χ4n) is 4.56. The van der Waals surface area contributed by atoms with Crippen LogP contribution in [-0.2, 0) is 26.5 Å². The molecule has 2 aromatic carbocycles. The Morgan fingerprint density at radius 3 is 1.00 bits per heavy atom. The quantitative estimate of drug-likeness (QED) is 0.449. The standard InChI is InChI=1S/C31H46O3/c1-28(2,3)22-15-19(16-23(26(22)33)29(4,5)6)21(13-14-32)20-17-24(30(7,8)9)27(34)25(18-20)31(10,11)12/h14-18,21,33-34H,13H2,1-12H3. The van der Waals surface area contributed by atoms with Crippen LogP contribution in [0.15, 0.2) is 24.3 Å². The zero-order chi connectivity index (χ0) is 26.4. The van der Waals surface area contributed by atoms with E-state index in [2.05, 4.69) is 107 Å². The van der Waals surface area contributed by atoms with Crippen LogP contribution in [0.4, 0.5) is 0 Å². The smallest absolute Gasteiger partial charge is 0.123 e. The summed E-state index contributed by atoms with van der Waals surface area (Å²) in [7, 11) is 0. The second-order valence-electron chi connectivity index (χ2n) is 13.9. The van der Waals surface area contributed by atoms with Crippen molar-refractivity contribution in [2.75, 3.05) is 0 Å². The minimum atomic E-state index is -0.256. The molecular formula is C31H46O3. The third kappa shape index (κ3) is 5.85. The topological polar surface area (TPSA) is 57.5 Å². The summed E-state index contributed by atoms with van der Waals surface area (Å²) < 4.78 is 0. The summed E-state index contributed by atoms with van der Waals surface area (Å²) in [5, 5.41) is 22.4. The van der Waals surface area contributed by atoms with Crippen molar-refractivity contribution >= 4 is 6.29 Å². The van der Waals surface area contributed by atoms with Gasteiger partial charge in [-0.2, -0.15) is 0 Å². The first kappa shape index (κ1) is 28.0. The van der Waals surface area contributed by atoms with Crippen molar-refractivity contribution in [1.82, 2.24) is 0 Å². The van der Waals surface area contributed by atoms with Gasteiger partial charge < -0.3 is 15.0 Å². The van der Waals surface area contributed by atoms with E-state index in [1.54, 1.807) is 0 Å². The predicted molar refractivity (Wildman–Crippen MR) is 144 cm³/mol. The highest BCUT2D eigenvalue weighted by Gasteiger charge is 2.31. The maximum atomic E-state index is 11.9. The Morgan fingerprint density at radius 2 is 0.824 bits per heavy atom. The molecule has 3 nitrogen and oxygen atoms in total. The Kier molecular flexibility index (Phi) is 7.45. The number of aldehydes is 1. The van der Waals surface area contributed by atoms with Crippen LogP contribution >= 0.6 is 0 Å². The first-order chi connectivity index (χ1) is 15.2. The second-order valence-corrected chi connectivity index (χ2v) is 13.9. The van der Waals surface area contributed by atoms with Crippen LogP contribution in [0.25, 0.3) is 0 Å². The molecule has 0 saturated heterocycles. The van der Waals surface area contributed by atoms with Gasteiger partial charge in [0.05, 0.1) is 0 Å². The molecule has 0 aromatic heterocycles. The number of phenolic OH excluding ortho intramolecular Hbond substituents is 2. The number of benzene rings is 2. The summed E-state index contributed by atoms with van der Waals surface area (Å²) in [6.45, 7) is 25.2. The lowest BCUT2D eigenvalue weighted by molar-refractivity contribution is -0.108. The molecule has 0 spiro atoms. The Hall–Kier alpha value is -2.29. The molecule has 0 radical (unpaired) electrons. The van der Waals surface area contributed by atoms with Gasteiger partial charge in [-0.05, 0) is 55.0 Å². The van der Waals surface area contributed by atoms with Gasteiger partial charge in [0.15, 0.2) is 0 Å². The maximum absolute atomic E-state index is 11.9. The van der Waals surface area contributed by atoms with Crippen LogP contribution in [0.5, 0.6) is 11.5 Å². The monoisotopic (exact) mass is 466 g/mol. The number of rotatable bonds is 4. The molecule has 0 aliphatic rings. The number of carbonyl (C=O) groups is 1. The molecule has 2 N–H and O–H groups in total. The fraction of sp³-hybridized carbons (Fsp3) is 0.581. The van der Waals surface area contributed by atoms with Crippen LogP contribution in [0.2, 0.25) is 0 Å². The molecule has 2 aromatic rings. The van der Waals surface area contributed by atoms with Gasteiger partial charge >= 0.3 is 0 Å². The minimum absolute atomic E-state index is 0.178. The molecule has 2 rings (SSSR count). The highest BCUT2D eigenvalue weighted by Crippen LogP contribution is 2.45. The third-order valence-electron chi connectivity index (χ3n) is 6.63. The molecular weight excluding hydrogens is 420 g/mol. The van der Waals surface area contributed by atoms with Crippen molar-refractivity contribution in [2.45, 2.75) is 117 Å². The summed E-state index contributed by atoms with van der Waals surface area (Å²) in [4.78, 5) is 11.9. The maximum Gasteiger partial charge on any atom is 0.123 e. The molecule has 188 valence electrons. The van der Waals surface area contributed by atoms with Gasteiger partial charge in [0, 0.05) is 12.3 Å². The van der Waals surface area contributed by atoms with Gasteiger partial charge in [-0.1, -0.05) is 107 Å². The van der Waals surface area contributed by atoms with E-state index < -0.39 is 0 Å². The Labute approximate surface area is 207 Å². The lowest BCUT2D eigenvalue weighted by Crippen LogP contribution is -2.20. The SMILES string of the molecule is CC(C)(C)c1cc(C(CC=O)c2cc(C(C)(C)C)c(O)c(C(C)(C)C)c2)cc(C(C)(C)C)c1O. The lowest BCUT2D eigenvalue weighted by atomic mass is 9.73. The highest BCUT2D eigenvalue weighted by molar-refractivity contribution is 5.59. The predicted octanol–water partition coefficient (Wildman–Crippen LogP) is 8.01. The Morgan fingerprint density at radius 1 is 0.588 bits per heavy atom. The lowest BCUT2D eigenvalue weighted by Gasteiger charge is -2.32. The van der Waals surface area contributed by atoms with E-state index in [1.165, 1.54) is 0 Å². The average Bonchev–Trinajstić information content (AvgIpc) is 2.63. The molecule has 3 heteroatoms. The zero-order valence-corrected chi connectivity index (χ0v) is 23.5. The largest absolute Gasteiger partial charge is 0.507 e. The van der Waals surface area contributed by atoms with Crippen LogP contribution in [0.1, 0.15) is 129 Å². The zero-order valence-electron chi connectivity index (χ0n) is 23.5. The molecule has 0 bridgehead atoms. The molecule has 0 amide bonds. The van der Waals surface area contributed by atoms with E-state index in [-0.39, 0.29) is 27.6 Å². The second kappa shape index (κ2) is 9.06. The molecule has 34 heavy (non-hydrogen) atoms. The average molecular weight is 467 g/mol. The molecule has 0 unspecified atom stereocenters. The summed E-state index contributed by atoms with van der Waals surface area (Å²) in [5.41, 5.74) is 4.56. The van der Waals surface area contributed by atoms with E-state index in [4.69, 9.17) is 0 Å². The number of phenols is 2. The van der Waals surface area contributed by atoms with E-state index in [0.29, 0.717) is 17.9 Å². The summed E-state index contributed by atoms with van der Waals surface area (Å²) in [5.74, 6) is 0.498. The van der Waals surface area contributed by atoms with Crippen molar-refractivity contribution in [1.29, 1.82) is 0 Å². The number of carbonyl (C=O) groups excluding carboxylic acids is 1. The van der Waals surface area contributed by atoms with E-state index in [0.717, 1.165) is 39.7 Å². The van der Waals surface area contributed by atoms with Crippen LogP contribution in [-0.4, -0.2) is 16.5 Å². The molecule has 0 fully saturated rings. The van der Waals surface area contributed by atoms with Crippen molar-refractivity contribution < 1.29 is 15.0 Å². The number of hydrogen-bond donors (Lipinski definition) is 2. The van der Waals surface area contributed by atoms with Crippen LogP contribution < -0.4 is 0 Å². The Balaban J connectivity index is 2.96. The first-order valence-electron chi connectivity index (χ1n) is 12.4. The molecule has 0 atom stereocenters. The van der Waals surface area contributed by atoms with Gasteiger partial charge in [-0.3, -0.25) is 0 Å².